The number of carbonyl (C=O) groups is 1. The molecule has 0 aliphatic carbocycles. The third-order valence-electron chi connectivity index (χ3n) is 3.14. The summed E-state index contributed by atoms with van der Waals surface area (Å²) in [5, 5.41) is 8.69. The van der Waals surface area contributed by atoms with Crippen molar-refractivity contribution < 1.29 is 14.3 Å². The summed E-state index contributed by atoms with van der Waals surface area (Å²) in [5.41, 5.74) is 7.09. The standard InChI is InChI=1S/C17H16N2O3/c1-21-16-11-13(14(19)9-10-18)7-8-15(16)22-17(20)12-5-3-2-4-6-12/h2-8,11,14H,9,19H2,1H3. The van der Waals surface area contributed by atoms with Crippen LogP contribution in [0.1, 0.15) is 28.4 Å². The van der Waals surface area contributed by atoms with Gasteiger partial charge in [0.05, 0.1) is 25.2 Å². The Kier molecular flexibility index (Phi) is 5.12. The van der Waals surface area contributed by atoms with Crippen LogP contribution in [0.4, 0.5) is 0 Å². The first-order valence-electron chi connectivity index (χ1n) is 6.73. The van der Waals surface area contributed by atoms with Gasteiger partial charge in [0.25, 0.3) is 0 Å². The first-order valence-corrected chi connectivity index (χ1v) is 6.73. The normalized spacial score (nSPS) is 11.3. The summed E-state index contributed by atoms with van der Waals surface area (Å²) in [7, 11) is 1.48. The average molecular weight is 296 g/mol. The first kappa shape index (κ1) is 15.5. The highest BCUT2D eigenvalue weighted by atomic mass is 16.6. The molecule has 2 N–H and O–H groups in total. The predicted molar refractivity (Wildman–Crippen MR) is 81.6 cm³/mol. The lowest BCUT2D eigenvalue weighted by Crippen LogP contribution is -2.11. The summed E-state index contributed by atoms with van der Waals surface area (Å²) in [6, 6.07) is 15.3. The number of hydrogen-bond donors (Lipinski definition) is 1. The SMILES string of the molecule is COc1cc(C(N)CC#N)ccc1OC(=O)c1ccccc1. The Hall–Kier alpha value is -2.84. The van der Waals surface area contributed by atoms with Gasteiger partial charge in [-0.25, -0.2) is 4.79 Å². The molecule has 0 aliphatic heterocycles. The largest absolute Gasteiger partial charge is 0.493 e. The molecule has 0 aliphatic rings. The number of rotatable bonds is 5. The van der Waals surface area contributed by atoms with Gasteiger partial charge in [-0.2, -0.15) is 5.26 Å². The van der Waals surface area contributed by atoms with Gasteiger partial charge >= 0.3 is 5.97 Å². The molecule has 1 atom stereocenters. The lowest BCUT2D eigenvalue weighted by molar-refractivity contribution is 0.0729. The summed E-state index contributed by atoms with van der Waals surface area (Å²) in [6.45, 7) is 0. The Morgan fingerprint density at radius 2 is 1.95 bits per heavy atom. The molecular formula is C17H16N2O3. The van der Waals surface area contributed by atoms with Gasteiger partial charge in [0.2, 0.25) is 0 Å². The molecule has 112 valence electrons. The van der Waals surface area contributed by atoms with E-state index in [4.69, 9.17) is 20.5 Å². The molecule has 2 aromatic carbocycles. The number of hydrogen-bond acceptors (Lipinski definition) is 5. The molecule has 0 saturated heterocycles. The summed E-state index contributed by atoms with van der Waals surface area (Å²) >= 11 is 0. The lowest BCUT2D eigenvalue weighted by atomic mass is 10.0. The number of carbonyl (C=O) groups excluding carboxylic acids is 1. The van der Waals surface area contributed by atoms with Crippen molar-refractivity contribution in [3.63, 3.8) is 0 Å². The fourth-order valence-corrected chi connectivity index (χ4v) is 1.95. The minimum Gasteiger partial charge on any atom is -0.493 e. The Morgan fingerprint density at radius 1 is 1.23 bits per heavy atom. The van der Waals surface area contributed by atoms with Crippen LogP contribution in [-0.2, 0) is 0 Å². The second-order valence-electron chi connectivity index (χ2n) is 4.63. The highest BCUT2D eigenvalue weighted by molar-refractivity contribution is 5.91. The van der Waals surface area contributed by atoms with Gasteiger partial charge in [0.1, 0.15) is 0 Å². The fraction of sp³-hybridized carbons (Fsp3) is 0.176. The third-order valence-corrected chi connectivity index (χ3v) is 3.14. The Morgan fingerprint density at radius 3 is 2.59 bits per heavy atom. The molecule has 0 amide bonds. The minimum atomic E-state index is -0.465. The number of nitrogens with two attached hydrogens (primary N) is 1. The Balaban J connectivity index is 2.21. The number of esters is 1. The van der Waals surface area contributed by atoms with Crippen molar-refractivity contribution >= 4 is 5.97 Å². The van der Waals surface area contributed by atoms with Crippen LogP contribution in [-0.4, -0.2) is 13.1 Å². The van der Waals surface area contributed by atoms with Crippen LogP contribution in [0.25, 0.3) is 0 Å². The molecule has 2 aromatic rings. The van der Waals surface area contributed by atoms with E-state index in [-0.39, 0.29) is 6.42 Å². The maximum atomic E-state index is 12.1. The average Bonchev–Trinajstić information content (AvgIpc) is 2.56. The van der Waals surface area contributed by atoms with Crippen molar-refractivity contribution in [3.05, 3.63) is 59.7 Å². The van der Waals surface area contributed by atoms with E-state index in [9.17, 15) is 4.79 Å². The van der Waals surface area contributed by atoms with E-state index >= 15 is 0 Å². The predicted octanol–water partition coefficient (Wildman–Crippen LogP) is 2.83. The highest BCUT2D eigenvalue weighted by Crippen LogP contribution is 2.31. The maximum Gasteiger partial charge on any atom is 0.343 e. The molecule has 0 fully saturated rings. The minimum absolute atomic E-state index is 0.201. The number of nitrogens with zero attached hydrogens (tertiary/aromatic N) is 1. The molecular weight excluding hydrogens is 280 g/mol. The topological polar surface area (TPSA) is 85.3 Å². The molecule has 0 bridgehead atoms. The van der Waals surface area contributed by atoms with Crippen LogP contribution in [0.5, 0.6) is 11.5 Å². The number of methoxy groups -OCH3 is 1. The zero-order valence-electron chi connectivity index (χ0n) is 12.2. The van der Waals surface area contributed by atoms with Gasteiger partial charge in [-0.3, -0.25) is 0 Å². The van der Waals surface area contributed by atoms with E-state index in [2.05, 4.69) is 0 Å². The molecule has 0 radical (unpaired) electrons. The molecule has 2 rings (SSSR count). The molecule has 0 heterocycles. The van der Waals surface area contributed by atoms with Gasteiger partial charge in [0, 0.05) is 6.04 Å². The fourth-order valence-electron chi connectivity index (χ4n) is 1.95. The quantitative estimate of drug-likeness (QED) is 0.677. The van der Waals surface area contributed by atoms with Crippen molar-refractivity contribution in [2.24, 2.45) is 5.73 Å². The van der Waals surface area contributed by atoms with Crippen LogP contribution in [0.2, 0.25) is 0 Å². The van der Waals surface area contributed by atoms with E-state index in [1.807, 2.05) is 12.1 Å². The van der Waals surface area contributed by atoms with E-state index in [0.29, 0.717) is 17.1 Å². The lowest BCUT2D eigenvalue weighted by Gasteiger charge is -2.13. The second-order valence-corrected chi connectivity index (χ2v) is 4.63. The van der Waals surface area contributed by atoms with Gasteiger partial charge in [0.15, 0.2) is 11.5 Å². The van der Waals surface area contributed by atoms with Crippen molar-refractivity contribution in [2.45, 2.75) is 12.5 Å². The van der Waals surface area contributed by atoms with Crippen LogP contribution >= 0.6 is 0 Å². The second kappa shape index (κ2) is 7.25. The van der Waals surface area contributed by atoms with Crippen molar-refractivity contribution in [3.8, 4) is 17.6 Å². The summed E-state index contributed by atoms with van der Waals surface area (Å²) in [4.78, 5) is 12.1. The van der Waals surface area contributed by atoms with Crippen molar-refractivity contribution in [1.82, 2.24) is 0 Å². The van der Waals surface area contributed by atoms with Gasteiger partial charge in [-0.15, -0.1) is 0 Å². The van der Waals surface area contributed by atoms with Crippen LogP contribution in [0.3, 0.4) is 0 Å². The molecule has 22 heavy (non-hydrogen) atoms. The Bertz CT molecular complexity index is 693. The molecule has 0 aromatic heterocycles. The van der Waals surface area contributed by atoms with Crippen LogP contribution < -0.4 is 15.2 Å². The third kappa shape index (κ3) is 3.62. The number of benzene rings is 2. The number of ether oxygens (including phenoxy) is 2. The van der Waals surface area contributed by atoms with E-state index in [1.165, 1.54) is 7.11 Å². The Labute approximate surface area is 128 Å². The first-order chi connectivity index (χ1) is 10.7. The molecule has 1 unspecified atom stereocenters. The summed E-state index contributed by atoms with van der Waals surface area (Å²) < 4.78 is 10.6. The summed E-state index contributed by atoms with van der Waals surface area (Å²) in [5.74, 6) is 0.243. The molecule has 0 spiro atoms. The summed E-state index contributed by atoms with van der Waals surface area (Å²) in [6.07, 6.45) is 0.201. The van der Waals surface area contributed by atoms with E-state index < -0.39 is 12.0 Å². The smallest absolute Gasteiger partial charge is 0.343 e. The zero-order chi connectivity index (χ0) is 15.9. The van der Waals surface area contributed by atoms with Gasteiger partial charge in [-0.1, -0.05) is 24.3 Å². The van der Waals surface area contributed by atoms with E-state index in [0.717, 1.165) is 5.56 Å². The van der Waals surface area contributed by atoms with Crippen LogP contribution in [0, 0.1) is 11.3 Å². The molecule has 5 nitrogen and oxygen atoms in total. The number of nitriles is 1. The van der Waals surface area contributed by atoms with Crippen molar-refractivity contribution in [2.75, 3.05) is 7.11 Å². The monoisotopic (exact) mass is 296 g/mol. The highest BCUT2D eigenvalue weighted by Gasteiger charge is 2.14. The molecule has 0 saturated carbocycles. The van der Waals surface area contributed by atoms with Crippen molar-refractivity contribution in [1.29, 1.82) is 5.26 Å². The van der Waals surface area contributed by atoms with Crippen LogP contribution in [0.15, 0.2) is 48.5 Å². The zero-order valence-corrected chi connectivity index (χ0v) is 12.2. The van der Waals surface area contributed by atoms with Gasteiger partial charge < -0.3 is 15.2 Å². The van der Waals surface area contributed by atoms with Gasteiger partial charge in [-0.05, 0) is 29.8 Å². The molecule has 5 heteroatoms. The van der Waals surface area contributed by atoms with E-state index in [1.54, 1.807) is 42.5 Å². The maximum absolute atomic E-state index is 12.1.